The predicted octanol–water partition coefficient (Wildman–Crippen LogP) is -12.2. The maximum atomic E-state index is 14.1. The molecule has 0 amide bonds. The second-order valence-corrected chi connectivity index (χ2v) is 21.0. The molecule has 4 aromatic rings. The molecular weight excluding hydrogens is 1230 g/mol. The first-order chi connectivity index (χ1) is 40.3. The molecule has 2 atom stereocenters. The van der Waals surface area contributed by atoms with Crippen molar-refractivity contribution in [3.63, 3.8) is 0 Å². The lowest BCUT2D eigenvalue weighted by Crippen LogP contribution is -2.95. The number of piperidine rings is 2. The second kappa shape index (κ2) is 20.0. The quantitative estimate of drug-likeness (QED) is 0.0298. The molecule has 0 spiro atoms. The molecule has 0 aromatic heterocycles. The Morgan fingerprint density at radius 1 is 0.427 bits per heavy atom. The number of fused-ring (bicyclic) bond motifs is 2. The highest BCUT2D eigenvalue weighted by atomic mass is 16.7. The third kappa shape index (κ3) is 8.18. The number of carbonyl (C=O) groups is 2. The Balaban J connectivity index is 1.08. The van der Waals surface area contributed by atoms with Crippen molar-refractivity contribution in [2.24, 2.45) is 11.8 Å². The number of likely N-dealkylation sites (tertiary alicyclic amines) is 2. The van der Waals surface area contributed by atoms with E-state index in [4.69, 9.17) is 23.7 Å². The normalized spacial score (nSPS) is 24.3. The number of methoxy groups -OCH3 is 3. The third-order valence-corrected chi connectivity index (χ3v) is 16.4. The highest BCUT2D eigenvalue weighted by molar-refractivity contribution is 6.09. The molecule has 2 aliphatic carbocycles. The summed E-state index contributed by atoms with van der Waals surface area (Å²) in [6.45, 7) is -3.95. The molecule has 0 saturated carbocycles. The largest absolute Gasteiger partial charge is 0.504 e. The van der Waals surface area contributed by atoms with E-state index in [-0.39, 0.29) is 0 Å². The van der Waals surface area contributed by atoms with E-state index < -0.39 is 243 Å². The third-order valence-electron chi connectivity index (χ3n) is 16.4. The first-order valence-corrected chi connectivity index (χ1v) is 24.5. The molecule has 41 nitrogen and oxygen atoms in total. The van der Waals surface area contributed by atoms with Crippen LogP contribution < -0.4 is 23.7 Å². The SMILES string of the molecule is COc1c(O)c2c(c(O)c1OC)C(O)(O)C(CC1(O)C(O)(O)C(O)(O)N(Cc3c(O)c(O)c(OCOc4c(O)c5c(c(O)c4OC)C(O)(O)C(CC4(O)C(O)(O)C(O)(O)N(C(O)(O)c6ccccc6)C(O)(O)C4(O)O)C5=O)c(O)c3O)C(O)(O)C1(O)O)C2=O. The van der Waals surface area contributed by atoms with Gasteiger partial charge in [-0.1, -0.05) is 30.3 Å². The number of Topliss-reactive ketones (excluding diaryl/α,β-unsaturated/α-hetero) is 2. The maximum absolute atomic E-state index is 14.1. The molecule has 41 heteroatoms. The Morgan fingerprint density at radius 3 is 1.12 bits per heavy atom. The molecule has 2 saturated heterocycles. The first kappa shape index (κ1) is 67.5. The van der Waals surface area contributed by atoms with E-state index in [1.165, 1.54) is 6.07 Å². The molecule has 2 heterocycles. The van der Waals surface area contributed by atoms with Gasteiger partial charge in [-0.25, -0.2) is 0 Å². The Bertz CT molecular complexity index is 3490. The van der Waals surface area contributed by atoms with E-state index in [1.54, 1.807) is 0 Å². The minimum absolute atomic E-state index is 0.625. The van der Waals surface area contributed by atoms with Crippen molar-refractivity contribution < 1.29 is 197 Å². The number of ether oxygens (including phenoxy) is 5. The lowest BCUT2D eigenvalue weighted by Gasteiger charge is -2.65. The lowest BCUT2D eigenvalue weighted by atomic mass is 9.68. The standard InChI is InChI=1S/C48H56N2O39/c1-85-32-25(55)17-19(27(57)33(32)86-2)38(63,64)15(23(17)53)9-36(61)41(69,70)45(77,78)49(46(79,80)42(36,71)72)11-14-21(51)29(59)31(30(60)22(14)52)88-12-89-35-26(56)18-20(28(58)34(35)87-3)39(65,66)16(24(18)54)10-37(62)43(73,74)47(81,82)50(48(83,84)44(37,75)76)40(67,68)13-7-5-4-6-8-13/h4-8,15-16,51-52,55-84H,9-12H2,1-3H3. The Labute approximate surface area is 490 Å². The highest BCUT2D eigenvalue weighted by Gasteiger charge is 2.89. The van der Waals surface area contributed by atoms with E-state index in [2.05, 4.69) is 0 Å². The fourth-order valence-corrected chi connectivity index (χ4v) is 11.4. The van der Waals surface area contributed by atoms with Crippen LogP contribution in [0.15, 0.2) is 30.3 Å². The van der Waals surface area contributed by atoms with Crippen molar-refractivity contribution in [1.82, 2.24) is 9.80 Å². The summed E-state index contributed by atoms with van der Waals surface area (Å²) >= 11 is 0. The number of carbonyl (C=O) groups excluding carboxylic acids is 2. The zero-order valence-electron chi connectivity index (χ0n) is 44.9. The van der Waals surface area contributed by atoms with Gasteiger partial charge in [0.15, 0.2) is 57.3 Å². The van der Waals surface area contributed by atoms with E-state index in [9.17, 15) is 173 Å². The molecule has 0 radical (unpaired) electrons. The summed E-state index contributed by atoms with van der Waals surface area (Å²) in [4.78, 5) is 25.3. The van der Waals surface area contributed by atoms with Crippen LogP contribution in [0.5, 0.6) is 74.7 Å². The van der Waals surface area contributed by atoms with E-state index in [0.29, 0.717) is 19.2 Å². The van der Waals surface area contributed by atoms with Gasteiger partial charge in [-0.05, 0) is 0 Å². The fraction of sp³-hybridized carbons (Fsp3) is 0.458. The predicted molar refractivity (Wildman–Crippen MR) is 263 cm³/mol. The topological polar surface area (TPSA) is 734 Å². The molecule has 4 aliphatic rings. The zero-order chi connectivity index (χ0) is 67.8. The highest BCUT2D eigenvalue weighted by Crippen LogP contribution is 2.64. The Morgan fingerprint density at radius 2 is 0.753 bits per heavy atom. The van der Waals surface area contributed by atoms with Crippen LogP contribution in [0.25, 0.3) is 0 Å². The zero-order valence-corrected chi connectivity index (χ0v) is 44.9. The molecular formula is C48H56N2O39. The van der Waals surface area contributed by atoms with Gasteiger partial charge in [-0.15, -0.1) is 4.90 Å². The van der Waals surface area contributed by atoms with Crippen LogP contribution in [0, 0.1) is 11.8 Å². The smallest absolute Gasteiger partial charge is 0.294 e. The van der Waals surface area contributed by atoms with Gasteiger partial charge in [0.2, 0.25) is 58.6 Å². The molecule has 2 fully saturated rings. The Hall–Kier alpha value is -7.42. The van der Waals surface area contributed by atoms with Crippen LogP contribution >= 0.6 is 0 Å². The molecule has 8 rings (SSSR count). The summed E-state index contributed by atoms with van der Waals surface area (Å²) in [7, 11) is 2.32. The van der Waals surface area contributed by atoms with Crippen LogP contribution in [0.3, 0.4) is 0 Å². The summed E-state index contributed by atoms with van der Waals surface area (Å²) in [5.41, 5.74) is -18.5. The van der Waals surface area contributed by atoms with Crippen molar-refractivity contribution in [2.45, 2.75) is 94.9 Å². The van der Waals surface area contributed by atoms with Crippen molar-refractivity contribution in [3.8, 4) is 74.7 Å². The number of rotatable bonds is 15. The van der Waals surface area contributed by atoms with E-state index in [1.807, 2.05) is 0 Å². The van der Waals surface area contributed by atoms with Crippen LogP contribution in [-0.2, 0) is 24.0 Å². The number of aliphatic hydroxyl groups is 24. The van der Waals surface area contributed by atoms with Crippen LogP contribution in [0.2, 0.25) is 0 Å². The first-order valence-electron chi connectivity index (χ1n) is 24.5. The average Bonchev–Trinajstić information content (AvgIpc) is 0.869. The fourth-order valence-electron chi connectivity index (χ4n) is 11.4. The summed E-state index contributed by atoms with van der Waals surface area (Å²) in [5, 5.41) is 358. The van der Waals surface area contributed by atoms with Crippen LogP contribution in [-0.4, -0.2) is 271 Å². The van der Waals surface area contributed by atoms with Crippen LogP contribution in [0.1, 0.15) is 55.8 Å². The molecule has 2 unspecified atom stereocenters. The monoisotopic (exact) mass is 1280 g/mol. The molecule has 4 aromatic carbocycles. The number of phenolic OH excluding ortho intramolecular Hbond substituents is 8. The number of ketones is 2. The molecule has 89 heavy (non-hydrogen) atoms. The number of hydrogen-bond donors (Lipinski definition) is 32. The van der Waals surface area contributed by atoms with Gasteiger partial charge >= 0.3 is 0 Å². The van der Waals surface area contributed by atoms with Crippen molar-refractivity contribution >= 4 is 11.6 Å². The van der Waals surface area contributed by atoms with Gasteiger partial charge in [0.05, 0.1) is 61.0 Å². The number of phenols is 8. The van der Waals surface area contributed by atoms with Gasteiger partial charge in [-0.2, -0.15) is 4.90 Å². The number of nitrogens with zero attached hydrogens (tertiary/aromatic N) is 2. The van der Waals surface area contributed by atoms with Gasteiger partial charge < -0.3 is 187 Å². The minimum Gasteiger partial charge on any atom is -0.504 e. The van der Waals surface area contributed by atoms with Gasteiger partial charge in [-0.3, -0.25) is 9.59 Å². The number of hydrogen-bond acceptors (Lipinski definition) is 41. The molecule has 2 aliphatic heterocycles. The number of benzene rings is 4. The van der Waals surface area contributed by atoms with Crippen LogP contribution in [0.4, 0.5) is 0 Å². The summed E-state index contributed by atoms with van der Waals surface area (Å²) in [6.07, 6.45) is -4.89. The molecule has 492 valence electrons. The maximum Gasteiger partial charge on any atom is 0.294 e. The summed E-state index contributed by atoms with van der Waals surface area (Å²) < 4.78 is 24.8. The van der Waals surface area contributed by atoms with Crippen molar-refractivity contribution in [1.29, 1.82) is 0 Å². The Kier molecular flexibility index (Phi) is 15.2. The molecule has 32 N–H and O–H groups in total. The van der Waals surface area contributed by atoms with E-state index in [0.717, 1.165) is 26.4 Å². The number of aromatic hydroxyl groups is 8. The lowest BCUT2D eigenvalue weighted by molar-refractivity contribution is -0.629. The summed E-state index contributed by atoms with van der Waals surface area (Å²) in [5.74, 6) is -84.3. The van der Waals surface area contributed by atoms with E-state index >= 15 is 0 Å². The average molecular weight is 1280 g/mol. The molecule has 0 bridgehead atoms. The minimum atomic E-state index is -5.28. The van der Waals surface area contributed by atoms with Crippen molar-refractivity contribution in [2.75, 3.05) is 28.1 Å². The summed E-state index contributed by atoms with van der Waals surface area (Å²) in [6, 6.07) is 4.64. The van der Waals surface area contributed by atoms with Gasteiger partial charge in [0, 0.05) is 24.9 Å². The van der Waals surface area contributed by atoms with Gasteiger partial charge in [0.1, 0.15) is 0 Å². The van der Waals surface area contributed by atoms with Crippen molar-refractivity contribution in [3.05, 3.63) is 63.7 Å². The second-order valence-electron chi connectivity index (χ2n) is 21.0. The van der Waals surface area contributed by atoms with Gasteiger partial charge in [0.25, 0.3) is 52.7 Å².